The molecule has 0 heterocycles. The van der Waals surface area contributed by atoms with E-state index in [2.05, 4.69) is 10.5 Å². The number of hydrogen-bond donors (Lipinski definition) is 1. The molecule has 0 aliphatic heterocycles. The summed E-state index contributed by atoms with van der Waals surface area (Å²) >= 11 is 5.68. The number of hydrogen-bond acceptors (Lipinski definition) is 4. The maximum atomic E-state index is 12.7. The van der Waals surface area contributed by atoms with Gasteiger partial charge in [0.05, 0.1) is 11.1 Å². The maximum absolute atomic E-state index is 12.7. The summed E-state index contributed by atoms with van der Waals surface area (Å²) in [6.45, 7) is 0. The van der Waals surface area contributed by atoms with E-state index in [1.807, 2.05) is 0 Å². The molecule has 2 aromatic rings. The molecule has 0 bridgehead atoms. The Balaban J connectivity index is 2.06. The van der Waals surface area contributed by atoms with Crippen molar-refractivity contribution in [1.29, 1.82) is 0 Å². The van der Waals surface area contributed by atoms with Crippen molar-refractivity contribution in [3.63, 3.8) is 0 Å². The normalized spacial score (nSPS) is 10.6. The molecule has 0 spiro atoms. The van der Waals surface area contributed by atoms with E-state index in [-0.39, 0.29) is 16.3 Å². The molecule has 2 aromatic carbocycles. The summed E-state index contributed by atoms with van der Waals surface area (Å²) in [5.74, 6) is -0.978. The second kappa shape index (κ2) is 6.77. The van der Waals surface area contributed by atoms with Crippen LogP contribution in [0.15, 0.2) is 47.6 Å². The van der Waals surface area contributed by atoms with E-state index in [9.17, 15) is 19.3 Å². The van der Waals surface area contributed by atoms with Gasteiger partial charge in [0, 0.05) is 17.2 Å². The highest BCUT2D eigenvalue weighted by molar-refractivity contribution is 6.32. The highest BCUT2D eigenvalue weighted by atomic mass is 35.5. The van der Waals surface area contributed by atoms with Crippen LogP contribution in [0.2, 0.25) is 5.02 Å². The minimum atomic E-state index is -0.614. The molecule has 112 valence electrons. The summed E-state index contributed by atoms with van der Waals surface area (Å²) < 4.78 is 12.7. The number of benzene rings is 2. The second-order valence-corrected chi connectivity index (χ2v) is 4.58. The van der Waals surface area contributed by atoms with Crippen molar-refractivity contribution in [1.82, 2.24) is 5.43 Å². The third-order valence-corrected chi connectivity index (χ3v) is 2.97. The van der Waals surface area contributed by atoms with Gasteiger partial charge in [0.1, 0.15) is 10.8 Å². The van der Waals surface area contributed by atoms with E-state index < -0.39 is 16.6 Å². The summed E-state index contributed by atoms with van der Waals surface area (Å²) in [5, 5.41) is 14.4. The molecule has 1 N–H and O–H groups in total. The predicted octanol–water partition coefficient (Wildman–Crippen LogP) is 3.15. The zero-order valence-electron chi connectivity index (χ0n) is 11.0. The highest BCUT2D eigenvalue weighted by Gasteiger charge is 2.11. The van der Waals surface area contributed by atoms with Gasteiger partial charge in [0.25, 0.3) is 11.6 Å². The molecule has 0 aliphatic rings. The van der Waals surface area contributed by atoms with E-state index >= 15 is 0 Å². The van der Waals surface area contributed by atoms with Gasteiger partial charge in [-0.05, 0) is 30.3 Å². The van der Waals surface area contributed by atoms with Crippen molar-refractivity contribution in [2.24, 2.45) is 5.10 Å². The van der Waals surface area contributed by atoms with Crippen LogP contribution < -0.4 is 5.43 Å². The monoisotopic (exact) mass is 321 g/mol. The van der Waals surface area contributed by atoms with Crippen LogP contribution in [0.5, 0.6) is 0 Å². The first kappa shape index (κ1) is 15.6. The van der Waals surface area contributed by atoms with Crippen LogP contribution in [-0.4, -0.2) is 17.0 Å². The molecule has 0 unspecified atom stereocenters. The first-order chi connectivity index (χ1) is 10.5. The third-order valence-electron chi connectivity index (χ3n) is 2.65. The molecule has 0 saturated carbocycles. The number of hydrazone groups is 1. The Morgan fingerprint density at radius 1 is 1.27 bits per heavy atom. The molecule has 0 aromatic heterocycles. The number of carbonyl (C=O) groups excluding carboxylic acids is 1. The van der Waals surface area contributed by atoms with Gasteiger partial charge in [-0.3, -0.25) is 14.9 Å². The Morgan fingerprint density at radius 2 is 1.95 bits per heavy atom. The lowest BCUT2D eigenvalue weighted by molar-refractivity contribution is -0.384. The summed E-state index contributed by atoms with van der Waals surface area (Å²) in [7, 11) is 0. The minimum Gasteiger partial charge on any atom is -0.267 e. The Morgan fingerprint density at radius 3 is 2.59 bits per heavy atom. The fraction of sp³-hybridized carbons (Fsp3) is 0. The number of rotatable bonds is 4. The van der Waals surface area contributed by atoms with Crippen molar-refractivity contribution in [2.45, 2.75) is 0 Å². The van der Waals surface area contributed by atoms with Gasteiger partial charge in [0.15, 0.2) is 0 Å². The topological polar surface area (TPSA) is 84.6 Å². The van der Waals surface area contributed by atoms with Crippen molar-refractivity contribution in [2.75, 3.05) is 0 Å². The second-order valence-electron chi connectivity index (χ2n) is 4.17. The first-order valence-corrected chi connectivity index (χ1v) is 6.38. The van der Waals surface area contributed by atoms with Gasteiger partial charge >= 0.3 is 0 Å². The first-order valence-electron chi connectivity index (χ1n) is 6.00. The Kier molecular flexibility index (Phi) is 4.80. The highest BCUT2D eigenvalue weighted by Crippen LogP contribution is 2.24. The lowest BCUT2D eigenvalue weighted by Gasteiger charge is -2.00. The molecule has 0 aliphatic carbocycles. The third kappa shape index (κ3) is 3.86. The fourth-order valence-corrected chi connectivity index (χ4v) is 1.77. The molecule has 0 radical (unpaired) electrons. The van der Waals surface area contributed by atoms with Crippen molar-refractivity contribution in [3.05, 3.63) is 74.5 Å². The van der Waals surface area contributed by atoms with Gasteiger partial charge in [-0.25, -0.2) is 9.82 Å². The van der Waals surface area contributed by atoms with Crippen molar-refractivity contribution < 1.29 is 14.1 Å². The number of nitro benzene ring substituents is 1. The lowest BCUT2D eigenvalue weighted by atomic mass is 10.2. The Labute approximate surface area is 129 Å². The standard InChI is InChI=1S/C14H9ClFN3O3/c15-12-6-1-9(7-13(12)19(21)22)8-17-18-14(20)10-2-4-11(16)5-3-10/h1-8H,(H,18,20)/b17-8+. The summed E-state index contributed by atoms with van der Waals surface area (Å²) in [6, 6.07) is 9.05. The average molecular weight is 322 g/mol. The minimum absolute atomic E-state index is 0.0116. The zero-order chi connectivity index (χ0) is 16.1. The quantitative estimate of drug-likeness (QED) is 0.533. The number of nitrogens with one attached hydrogen (secondary N) is 1. The Bertz CT molecular complexity index is 747. The molecular formula is C14H9ClFN3O3. The Hall–Kier alpha value is -2.80. The fourth-order valence-electron chi connectivity index (χ4n) is 1.58. The number of nitro groups is 1. The molecule has 0 saturated heterocycles. The van der Waals surface area contributed by atoms with Gasteiger partial charge in [-0.2, -0.15) is 5.10 Å². The van der Waals surface area contributed by atoms with E-state index in [1.54, 1.807) is 0 Å². The zero-order valence-corrected chi connectivity index (χ0v) is 11.7. The van der Waals surface area contributed by atoms with E-state index in [0.29, 0.717) is 5.56 Å². The van der Waals surface area contributed by atoms with E-state index in [0.717, 1.165) is 12.1 Å². The van der Waals surface area contributed by atoms with Gasteiger partial charge in [-0.1, -0.05) is 17.7 Å². The largest absolute Gasteiger partial charge is 0.288 e. The van der Waals surface area contributed by atoms with Crippen LogP contribution in [0.1, 0.15) is 15.9 Å². The van der Waals surface area contributed by atoms with Gasteiger partial charge in [-0.15, -0.1) is 0 Å². The average Bonchev–Trinajstić information content (AvgIpc) is 2.49. The predicted molar refractivity (Wildman–Crippen MR) is 79.6 cm³/mol. The van der Waals surface area contributed by atoms with E-state index in [1.165, 1.54) is 36.5 Å². The molecule has 0 atom stereocenters. The lowest BCUT2D eigenvalue weighted by Crippen LogP contribution is -2.17. The number of halogens is 2. The van der Waals surface area contributed by atoms with Crippen molar-refractivity contribution >= 4 is 29.4 Å². The molecule has 0 fully saturated rings. The summed E-state index contributed by atoms with van der Waals surface area (Å²) in [6.07, 6.45) is 1.24. The van der Waals surface area contributed by atoms with Crippen LogP contribution in [0.4, 0.5) is 10.1 Å². The number of carbonyl (C=O) groups is 1. The van der Waals surface area contributed by atoms with Gasteiger partial charge in [0.2, 0.25) is 0 Å². The molecule has 22 heavy (non-hydrogen) atoms. The summed E-state index contributed by atoms with van der Waals surface area (Å²) in [5.41, 5.74) is 2.62. The molecule has 1 amide bonds. The number of amides is 1. The van der Waals surface area contributed by atoms with Crippen LogP contribution in [0.3, 0.4) is 0 Å². The maximum Gasteiger partial charge on any atom is 0.288 e. The van der Waals surface area contributed by atoms with Crippen molar-refractivity contribution in [3.8, 4) is 0 Å². The van der Waals surface area contributed by atoms with Crippen LogP contribution in [0.25, 0.3) is 0 Å². The number of nitrogens with zero attached hydrogens (tertiary/aromatic N) is 2. The molecule has 2 rings (SSSR count). The van der Waals surface area contributed by atoms with Crippen LogP contribution >= 0.6 is 11.6 Å². The molecule has 6 nitrogen and oxygen atoms in total. The molecular weight excluding hydrogens is 313 g/mol. The van der Waals surface area contributed by atoms with Gasteiger partial charge < -0.3 is 0 Å². The SMILES string of the molecule is O=C(N/N=C/c1ccc(Cl)c([N+](=O)[O-])c1)c1ccc(F)cc1. The smallest absolute Gasteiger partial charge is 0.267 e. The molecule has 8 heteroatoms. The van der Waals surface area contributed by atoms with E-state index in [4.69, 9.17) is 11.6 Å². The summed E-state index contributed by atoms with van der Waals surface area (Å²) in [4.78, 5) is 21.8. The van der Waals surface area contributed by atoms with Crippen LogP contribution in [0, 0.1) is 15.9 Å². The van der Waals surface area contributed by atoms with Crippen LogP contribution in [-0.2, 0) is 0 Å².